The summed E-state index contributed by atoms with van der Waals surface area (Å²) < 4.78 is 3.52. The molecule has 0 radical (unpaired) electrons. The molecule has 84 valence electrons. The van der Waals surface area contributed by atoms with Crippen LogP contribution in [0.25, 0.3) is 16.6 Å². The van der Waals surface area contributed by atoms with Gasteiger partial charge in [0.15, 0.2) is 0 Å². The smallest absolute Gasteiger partial charge is 0.0589 e. The van der Waals surface area contributed by atoms with Crippen LogP contribution < -0.4 is 0 Å². The molecule has 2 aromatic carbocycles. The summed E-state index contributed by atoms with van der Waals surface area (Å²) in [6, 6.07) is 17.1. The molecule has 0 spiro atoms. The van der Waals surface area contributed by atoms with E-state index >= 15 is 0 Å². The maximum absolute atomic E-state index is 2.38. The minimum absolute atomic E-state index is 1.24. The Morgan fingerprint density at radius 2 is 1.76 bits per heavy atom. The molecule has 0 fully saturated rings. The number of aryl methyl sites for hydroxylation is 1. The SMILES string of the molecule is Cc1cccc2c1ccn2-c1ccccc1I. The van der Waals surface area contributed by atoms with E-state index in [1.807, 2.05) is 0 Å². The first-order valence-corrected chi connectivity index (χ1v) is 6.67. The molecule has 0 aliphatic carbocycles. The van der Waals surface area contributed by atoms with Gasteiger partial charge >= 0.3 is 0 Å². The molecule has 2 heteroatoms. The Hall–Kier alpha value is -1.29. The monoisotopic (exact) mass is 333 g/mol. The minimum atomic E-state index is 1.24. The minimum Gasteiger partial charge on any atom is -0.315 e. The highest BCUT2D eigenvalue weighted by molar-refractivity contribution is 14.1. The van der Waals surface area contributed by atoms with Gasteiger partial charge in [0.05, 0.1) is 11.2 Å². The van der Waals surface area contributed by atoms with Crippen molar-refractivity contribution in [1.82, 2.24) is 4.57 Å². The van der Waals surface area contributed by atoms with Crippen LogP contribution in [-0.2, 0) is 0 Å². The van der Waals surface area contributed by atoms with Crippen LogP contribution in [0.1, 0.15) is 5.56 Å². The van der Waals surface area contributed by atoms with E-state index in [4.69, 9.17) is 0 Å². The number of nitrogens with zero attached hydrogens (tertiary/aromatic N) is 1. The molecule has 0 saturated heterocycles. The molecule has 0 N–H and O–H groups in total. The molecular weight excluding hydrogens is 321 g/mol. The second kappa shape index (κ2) is 4.18. The Morgan fingerprint density at radius 3 is 2.59 bits per heavy atom. The molecule has 3 aromatic rings. The molecule has 0 bridgehead atoms. The number of fused-ring (bicyclic) bond motifs is 1. The molecule has 1 heterocycles. The van der Waals surface area contributed by atoms with Crippen molar-refractivity contribution in [2.45, 2.75) is 6.92 Å². The molecule has 1 nitrogen and oxygen atoms in total. The first-order chi connectivity index (χ1) is 8.27. The van der Waals surface area contributed by atoms with E-state index in [-0.39, 0.29) is 0 Å². The van der Waals surface area contributed by atoms with E-state index in [1.165, 1.54) is 25.7 Å². The topological polar surface area (TPSA) is 4.93 Å². The molecule has 0 saturated carbocycles. The fourth-order valence-electron chi connectivity index (χ4n) is 2.18. The number of benzene rings is 2. The van der Waals surface area contributed by atoms with Crippen LogP contribution in [0.4, 0.5) is 0 Å². The highest BCUT2D eigenvalue weighted by Gasteiger charge is 2.06. The molecule has 3 rings (SSSR count). The van der Waals surface area contributed by atoms with Crippen LogP contribution >= 0.6 is 22.6 Å². The summed E-state index contributed by atoms with van der Waals surface area (Å²) in [5.74, 6) is 0. The summed E-state index contributed by atoms with van der Waals surface area (Å²) in [6.07, 6.45) is 2.15. The fourth-order valence-corrected chi connectivity index (χ4v) is 2.83. The van der Waals surface area contributed by atoms with Gasteiger partial charge in [-0.25, -0.2) is 0 Å². The van der Waals surface area contributed by atoms with Gasteiger partial charge in [-0.2, -0.15) is 0 Å². The van der Waals surface area contributed by atoms with Gasteiger partial charge in [0.25, 0.3) is 0 Å². The molecule has 0 aliphatic rings. The molecule has 0 atom stereocenters. The molecule has 17 heavy (non-hydrogen) atoms. The summed E-state index contributed by atoms with van der Waals surface area (Å²) >= 11 is 2.38. The van der Waals surface area contributed by atoms with E-state index in [0.717, 1.165) is 0 Å². The van der Waals surface area contributed by atoms with E-state index in [9.17, 15) is 0 Å². The lowest BCUT2D eigenvalue weighted by atomic mass is 10.1. The van der Waals surface area contributed by atoms with Crippen molar-refractivity contribution in [2.75, 3.05) is 0 Å². The van der Waals surface area contributed by atoms with Gasteiger partial charge in [0.1, 0.15) is 0 Å². The summed E-state index contributed by atoms with van der Waals surface area (Å²) in [6.45, 7) is 2.16. The molecular formula is C15H12IN. The predicted molar refractivity (Wildman–Crippen MR) is 80.7 cm³/mol. The van der Waals surface area contributed by atoms with E-state index in [0.29, 0.717) is 0 Å². The fraction of sp³-hybridized carbons (Fsp3) is 0.0667. The van der Waals surface area contributed by atoms with Crippen molar-refractivity contribution in [1.29, 1.82) is 0 Å². The zero-order valence-corrected chi connectivity index (χ0v) is 11.7. The predicted octanol–water partition coefficient (Wildman–Crippen LogP) is 4.54. The second-order valence-electron chi connectivity index (χ2n) is 4.14. The molecule has 0 aliphatic heterocycles. The lowest BCUT2D eigenvalue weighted by Crippen LogP contribution is -1.94. The van der Waals surface area contributed by atoms with Crippen molar-refractivity contribution in [3.8, 4) is 5.69 Å². The van der Waals surface area contributed by atoms with Gasteiger partial charge in [-0.3, -0.25) is 0 Å². The zero-order chi connectivity index (χ0) is 11.8. The lowest BCUT2D eigenvalue weighted by molar-refractivity contribution is 1.12. The van der Waals surface area contributed by atoms with E-state index in [1.54, 1.807) is 0 Å². The van der Waals surface area contributed by atoms with Crippen LogP contribution in [0, 0.1) is 10.5 Å². The van der Waals surface area contributed by atoms with Crippen LogP contribution in [0.2, 0.25) is 0 Å². The number of halogens is 1. The standard InChI is InChI=1S/C15H12IN/c1-11-5-4-8-14-12(11)9-10-17(14)15-7-3-2-6-13(15)16/h2-10H,1H3. The summed E-state index contributed by atoms with van der Waals surface area (Å²) in [4.78, 5) is 0. The maximum atomic E-state index is 2.38. The zero-order valence-electron chi connectivity index (χ0n) is 9.52. The first kappa shape index (κ1) is 10.8. The van der Waals surface area contributed by atoms with Gasteiger partial charge in [0.2, 0.25) is 0 Å². The third kappa shape index (κ3) is 1.76. The maximum Gasteiger partial charge on any atom is 0.0589 e. The van der Waals surface area contributed by atoms with E-state index in [2.05, 4.69) is 88.8 Å². The summed E-state index contributed by atoms with van der Waals surface area (Å²) in [7, 11) is 0. The highest BCUT2D eigenvalue weighted by atomic mass is 127. The molecule has 1 aromatic heterocycles. The number of aromatic nitrogens is 1. The Morgan fingerprint density at radius 1 is 0.941 bits per heavy atom. The van der Waals surface area contributed by atoms with Gasteiger partial charge < -0.3 is 4.57 Å². The van der Waals surface area contributed by atoms with Crippen molar-refractivity contribution >= 4 is 33.5 Å². The van der Waals surface area contributed by atoms with Gasteiger partial charge in [-0.15, -0.1) is 0 Å². The average molecular weight is 333 g/mol. The third-order valence-corrected chi connectivity index (χ3v) is 3.98. The second-order valence-corrected chi connectivity index (χ2v) is 5.31. The third-order valence-electron chi connectivity index (χ3n) is 3.06. The van der Waals surface area contributed by atoms with Gasteiger partial charge in [0, 0.05) is 15.2 Å². The van der Waals surface area contributed by atoms with E-state index < -0.39 is 0 Å². The van der Waals surface area contributed by atoms with Crippen molar-refractivity contribution in [3.05, 3.63) is 63.9 Å². The molecule has 0 unspecified atom stereocenters. The normalized spacial score (nSPS) is 10.9. The van der Waals surface area contributed by atoms with Crippen molar-refractivity contribution in [3.63, 3.8) is 0 Å². The van der Waals surface area contributed by atoms with Gasteiger partial charge in [-0.1, -0.05) is 24.3 Å². The molecule has 0 amide bonds. The van der Waals surface area contributed by atoms with Crippen molar-refractivity contribution in [2.24, 2.45) is 0 Å². The van der Waals surface area contributed by atoms with Crippen LogP contribution in [-0.4, -0.2) is 4.57 Å². The lowest BCUT2D eigenvalue weighted by Gasteiger charge is -2.08. The van der Waals surface area contributed by atoms with Crippen molar-refractivity contribution < 1.29 is 0 Å². The van der Waals surface area contributed by atoms with Crippen LogP contribution in [0.15, 0.2) is 54.7 Å². The summed E-state index contributed by atoms with van der Waals surface area (Å²) in [5, 5.41) is 1.33. The Bertz CT molecular complexity index is 682. The largest absolute Gasteiger partial charge is 0.315 e. The number of para-hydroxylation sites is 1. The quantitative estimate of drug-likeness (QED) is 0.576. The van der Waals surface area contributed by atoms with Gasteiger partial charge in [-0.05, 0) is 59.3 Å². The first-order valence-electron chi connectivity index (χ1n) is 5.59. The number of hydrogen-bond acceptors (Lipinski definition) is 0. The Balaban J connectivity index is 2.33. The average Bonchev–Trinajstić information content (AvgIpc) is 2.75. The highest BCUT2D eigenvalue weighted by Crippen LogP contribution is 2.25. The Kier molecular flexibility index (Phi) is 2.67. The van der Waals surface area contributed by atoms with Crippen LogP contribution in [0.3, 0.4) is 0 Å². The Labute approximate surface area is 114 Å². The number of hydrogen-bond donors (Lipinski definition) is 0. The van der Waals surface area contributed by atoms with Crippen LogP contribution in [0.5, 0.6) is 0 Å². The summed E-state index contributed by atoms with van der Waals surface area (Å²) in [5.41, 5.74) is 3.84. The number of rotatable bonds is 1.